The van der Waals surface area contributed by atoms with Gasteiger partial charge in [0.15, 0.2) is 11.5 Å². The average molecular weight is 369 g/mol. The molecule has 1 amide bonds. The van der Waals surface area contributed by atoms with Gasteiger partial charge in [0.2, 0.25) is 0 Å². The number of fused-ring (bicyclic) bond motifs is 1. The number of carbonyl (C=O) groups is 2. The van der Waals surface area contributed by atoms with Crippen molar-refractivity contribution in [2.75, 3.05) is 20.3 Å². The highest BCUT2D eigenvalue weighted by atomic mass is 16.6. The molecule has 3 rings (SSSR count). The van der Waals surface area contributed by atoms with Crippen molar-refractivity contribution < 1.29 is 23.8 Å². The quantitative estimate of drug-likeness (QED) is 0.818. The summed E-state index contributed by atoms with van der Waals surface area (Å²) in [5, 5.41) is 3.07. The van der Waals surface area contributed by atoms with Crippen molar-refractivity contribution >= 4 is 11.9 Å². The number of amides is 1. The first-order valence-corrected chi connectivity index (χ1v) is 8.88. The number of rotatable bonds is 5. The van der Waals surface area contributed by atoms with Crippen LogP contribution in [0, 0.1) is 5.92 Å². The smallest absolute Gasteiger partial charge is 0.337 e. The van der Waals surface area contributed by atoms with E-state index in [0.29, 0.717) is 30.1 Å². The molecule has 0 bridgehead atoms. The monoisotopic (exact) mass is 369 g/mol. The fourth-order valence-corrected chi connectivity index (χ4v) is 2.99. The van der Waals surface area contributed by atoms with Crippen LogP contribution < -0.4 is 14.8 Å². The Hall–Kier alpha value is -3.02. The van der Waals surface area contributed by atoms with Crippen molar-refractivity contribution in [2.45, 2.75) is 19.9 Å². The normalized spacial score (nSPS) is 13.8. The molecule has 1 atom stereocenters. The lowest BCUT2D eigenvalue weighted by Gasteiger charge is -2.25. The Balaban J connectivity index is 1.78. The second kappa shape index (κ2) is 8.12. The minimum atomic E-state index is -0.432. The molecule has 0 saturated carbocycles. The highest BCUT2D eigenvalue weighted by molar-refractivity contribution is 5.96. The summed E-state index contributed by atoms with van der Waals surface area (Å²) >= 11 is 0. The first kappa shape index (κ1) is 18.8. The van der Waals surface area contributed by atoms with Gasteiger partial charge in [0.1, 0.15) is 13.2 Å². The highest BCUT2D eigenvalue weighted by Crippen LogP contribution is 2.34. The maximum Gasteiger partial charge on any atom is 0.337 e. The SMILES string of the molecule is COC(=O)c1ccc(C(=O)NC(c2ccc3c(c2)OCCO3)C(C)C)cc1. The molecular weight excluding hydrogens is 346 g/mol. The predicted octanol–water partition coefficient (Wildman–Crippen LogP) is 3.37. The molecule has 27 heavy (non-hydrogen) atoms. The van der Waals surface area contributed by atoms with Crippen LogP contribution in [0.1, 0.15) is 46.2 Å². The van der Waals surface area contributed by atoms with Gasteiger partial charge in [-0.3, -0.25) is 4.79 Å². The van der Waals surface area contributed by atoms with Crippen LogP contribution in [0.25, 0.3) is 0 Å². The summed E-state index contributed by atoms with van der Waals surface area (Å²) in [5.41, 5.74) is 1.83. The maximum absolute atomic E-state index is 12.7. The minimum absolute atomic E-state index is 0.172. The van der Waals surface area contributed by atoms with Gasteiger partial charge in [-0.15, -0.1) is 0 Å². The second-order valence-electron chi connectivity index (χ2n) is 6.67. The lowest BCUT2D eigenvalue weighted by Crippen LogP contribution is -2.32. The first-order valence-electron chi connectivity index (χ1n) is 8.88. The fraction of sp³-hybridized carbons (Fsp3) is 0.333. The summed E-state index contributed by atoms with van der Waals surface area (Å²) in [4.78, 5) is 24.2. The van der Waals surface area contributed by atoms with Gasteiger partial charge in [-0.05, 0) is 47.9 Å². The third-order valence-electron chi connectivity index (χ3n) is 4.45. The van der Waals surface area contributed by atoms with Gasteiger partial charge < -0.3 is 19.5 Å². The van der Waals surface area contributed by atoms with Gasteiger partial charge in [-0.25, -0.2) is 4.79 Å². The fourth-order valence-electron chi connectivity index (χ4n) is 2.99. The van der Waals surface area contributed by atoms with Gasteiger partial charge in [0.05, 0.1) is 18.7 Å². The molecule has 1 unspecified atom stereocenters. The third-order valence-corrected chi connectivity index (χ3v) is 4.45. The summed E-state index contributed by atoms with van der Waals surface area (Å²) < 4.78 is 15.9. The van der Waals surface area contributed by atoms with Gasteiger partial charge in [-0.1, -0.05) is 19.9 Å². The molecule has 0 radical (unpaired) electrons. The molecule has 0 fully saturated rings. The predicted molar refractivity (Wildman–Crippen MR) is 100 cm³/mol. The van der Waals surface area contributed by atoms with E-state index in [2.05, 4.69) is 10.1 Å². The van der Waals surface area contributed by atoms with Gasteiger partial charge in [0, 0.05) is 5.56 Å². The molecule has 1 heterocycles. The molecule has 0 aliphatic carbocycles. The zero-order valence-electron chi connectivity index (χ0n) is 15.7. The molecule has 6 nitrogen and oxygen atoms in total. The molecule has 6 heteroatoms. The van der Waals surface area contributed by atoms with Crippen molar-refractivity contribution in [3.8, 4) is 11.5 Å². The summed E-state index contributed by atoms with van der Waals surface area (Å²) in [5.74, 6) is 0.947. The zero-order chi connectivity index (χ0) is 19.4. The first-order chi connectivity index (χ1) is 13.0. The van der Waals surface area contributed by atoms with E-state index < -0.39 is 5.97 Å². The van der Waals surface area contributed by atoms with Crippen LogP contribution in [0.5, 0.6) is 11.5 Å². The largest absolute Gasteiger partial charge is 0.486 e. The molecule has 1 aliphatic heterocycles. The average Bonchev–Trinajstić information content (AvgIpc) is 2.70. The molecule has 2 aromatic rings. The summed E-state index contributed by atoms with van der Waals surface area (Å²) in [7, 11) is 1.32. The Labute approximate surface area is 158 Å². The molecule has 0 saturated heterocycles. The van der Waals surface area contributed by atoms with Crippen molar-refractivity contribution in [3.05, 3.63) is 59.2 Å². The van der Waals surface area contributed by atoms with Crippen molar-refractivity contribution in [1.82, 2.24) is 5.32 Å². The molecule has 142 valence electrons. The van der Waals surface area contributed by atoms with Crippen LogP contribution in [-0.4, -0.2) is 32.2 Å². The van der Waals surface area contributed by atoms with E-state index >= 15 is 0 Å². The van der Waals surface area contributed by atoms with E-state index in [4.69, 9.17) is 9.47 Å². The van der Waals surface area contributed by atoms with E-state index in [1.54, 1.807) is 24.3 Å². The number of benzene rings is 2. The number of nitrogens with one attached hydrogen (secondary N) is 1. The van der Waals surface area contributed by atoms with E-state index in [-0.39, 0.29) is 17.9 Å². The van der Waals surface area contributed by atoms with Crippen LogP contribution in [0.2, 0.25) is 0 Å². The van der Waals surface area contributed by atoms with Gasteiger partial charge in [-0.2, -0.15) is 0 Å². The molecule has 1 aliphatic rings. The van der Waals surface area contributed by atoms with Gasteiger partial charge >= 0.3 is 5.97 Å². The van der Waals surface area contributed by atoms with Crippen molar-refractivity contribution in [2.24, 2.45) is 5.92 Å². The summed E-state index contributed by atoms with van der Waals surface area (Å²) in [6, 6.07) is 11.9. The maximum atomic E-state index is 12.7. The Morgan fingerprint density at radius 2 is 1.59 bits per heavy atom. The molecule has 2 aromatic carbocycles. The number of hydrogen-bond donors (Lipinski definition) is 1. The lowest BCUT2D eigenvalue weighted by molar-refractivity contribution is 0.0600. The van der Waals surface area contributed by atoms with Crippen LogP contribution in [0.3, 0.4) is 0 Å². The number of ether oxygens (including phenoxy) is 3. The number of carbonyl (C=O) groups excluding carboxylic acids is 2. The number of esters is 1. The van der Waals surface area contributed by atoms with Crippen molar-refractivity contribution in [3.63, 3.8) is 0 Å². The van der Waals surface area contributed by atoms with E-state index in [0.717, 1.165) is 11.3 Å². The number of methoxy groups -OCH3 is 1. The van der Waals surface area contributed by atoms with Crippen LogP contribution in [0.15, 0.2) is 42.5 Å². The van der Waals surface area contributed by atoms with E-state index in [1.165, 1.54) is 7.11 Å². The zero-order valence-corrected chi connectivity index (χ0v) is 15.7. The molecule has 1 N–H and O–H groups in total. The Morgan fingerprint density at radius 3 is 2.22 bits per heavy atom. The van der Waals surface area contributed by atoms with E-state index in [9.17, 15) is 9.59 Å². The highest BCUT2D eigenvalue weighted by Gasteiger charge is 2.22. The Bertz CT molecular complexity index is 829. The standard InChI is InChI=1S/C21H23NO5/c1-13(2)19(16-8-9-17-18(12-16)27-11-10-26-17)22-20(23)14-4-6-15(7-5-14)21(24)25-3/h4-9,12-13,19H,10-11H2,1-3H3,(H,22,23). The Morgan fingerprint density at radius 1 is 0.963 bits per heavy atom. The molecule has 0 aromatic heterocycles. The summed E-state index contributed by atoms with van der Waals surface area (Å²) in [6.45, 7) is 5.14. The topological polar surface area (TPSA) is 73.9 Å². The second-order valence-corrected chi connectivity index (χ2v) is 6.67. The Kier molecular flexibility index (Phi) is 5.64. The van der Waals surface area contributed by atoms with Crippen molar-refractivity contribution in [1.29, 1.82) is 0 Å². The van der Waals surface area contributed by atoms with Crippen LogP contribution >= 0.6 is 0 Å². The molecule has 0 spiro atoms. The summed E-state index contributed by atoms with van der Waals surface area (Å²) in [6.07, 6.45) is 0. The molecular formula is C21H23NO5. The number of hydrogen-bond acceptors (Lipinski definition) is 5. The lowest BCUT2D eigenvalue weighted by atomic mass is 9.95. The van der Waals surface area contributed by atoms with Crippen LogP contribution in [-0.2, 0) is 4.74 Å². The van der Waals surface area contributed by atoms with E-state index in [1.807, 2.05) is 32.0 Å². The minimum Gasteiger partial charge on any atom is -0.486 e. The van der Waals surface area contributed by atoms with Crippen LogP contribution in [0.4, 0.5) is 0 Å². The van der Waals surface area contributed by atoms with Gasteiger partial charge in [0.25, 0.3) is 5.91 Å². The third kappa shape index (κ3) is 4.22.